The summed E-state index contributed by atoms with van der Waals surface area (Å²) >= 11 is 0. The number of pyridine rings is 1. The third-order valence-electron chi connectivity index (χ3n) is 7.32. The van der Waals surface area contributed by atoms with Crippen LogP contribution in [0.25, 0.3) is 16.7 Å². The minimum atomic E-state index is -4.20. The van der Waals surface area contributed by atoms with Gasteiger partial charge in [0.2, 0.25) is 0 Å². The Kier molecular flexibility index (Phi) is 11.4. The molecule has 1 saturated heterocycles. The van der Waals surface area contributed by atoms with E-state index in [-0.39, 0.29) is 62.0 Å². The molecule has 0 unspecified atom stereocenters. The summed E-state index contributed by atoms with van der Waals surface area (Å²) in [5.41, 5.74) is -0.921. The smallest absolute Gasteiger partial charge is 0.477 e. The van der Waals surface area contributed by atoms with Gasteiger partial charge < -0.3 is 19.1 Å². The molecule has 1 aliphatic heterocycles. The minimum Gasteiger partial charge on any atom is -0.494 e. The van der Waals surface area contributed by atoms with Crippen LogP contribution in [0, 0.1) is 6.92 Å². The molecule has 2 amide bonds. The number of aryl methyl sites for hydroxylation is 1. The zero-order valence-electron chi connectivity index (χ0n) is 29.0. The van der Waals surface area contributed by atoms with Crippen molar-refractivity contribution in [2.75, 3.05) is 33.3 Å². The zero-order chi connectivity index (χ0) is 35.7. The maximum atomic E-state index is 14.1. The molecule has 1 fully saturated rings. The Hall–Kier alpha value is -4.43. The highest BCUT2D eigenvalue weighted by atomic mass is 31.2. The molecular formula is C34H46N7O8P. The lowest BCUT2D eigenvalue weighted by molar-refractivity contribution is -0.127. The molecule has 0 bridgehead atoms. The number of carbonyl (C=O) groups is 3. The molecule has 270 valence electrons. The van der Waals surface area contributed by atoms with Crippen molar-refractivity contribution in [2.24, 2.45) is 0 Å². The fourth-order valence-corrected chi connectivity index (χ4v) is 7.10. The monoisotopic (exact) mass is 711 g/mol. The van der Waals surface area contributed by atoms with Crippen LogP contribution in [0.3, 0.4) is 0 Å². The van der Waals surface area contributed by atoms with Gasteiger partial charge in [0, 0.05) is 37.9 Å². The SMILES string of the molecule is C.COc1cnc(-n2cnc(C)n2)c2c1c(C(=O)C(=O)N1CCN(C(=O)c3ccccc3)CC1)cn2COP(=O)(OC(C)(C)C)OC(C)(C)C. The van der Waals surface area contributed by atoms with Crippen LogP contribution in [0.5, 0.6) is 5.75 Å². The molecule has 15 nitrogen and oxygen atoms in total. The van der Waals surface area contributed by atoms with Crippen LogP contribution in [-0.2, 0) is 29.7 Å². The van der Waals surface area contributed by atoms with E-state index in [9.17, 15) is 18.9 Å². The Labute approximate surface area is 292 Å². The normalized spacial score (nSPS) is 14.1. The van der Waals surface area contributed by atoms with Crippen molar-refractivity contribution >= 4 is 36.3 Å². The average molecular weight is 712 g/mol. The van der Waals surface area contributed by atoms with Gasteiger partial charge >= 0.3 is 7.82 Å². The van der Waals surface area contributed by atoms with Crippen molar-refractivity contribution in [2.45, 2.75) is 73.8 Å². The maximum Gasteiger partial charge on any atom is 0.477 e. The summed E-state index contributed by atoms with van der Waals surface area (Å²) in [6.07, 6.45) is 4.31. The van der Waals surface area contributed by atoms with Crippen molar-refractivity contribution in [1.82, 2.24) is 34.1 Å². The van der Waals surface area contributed by atoms with Gasteiger partial charge in [-0.25, -0.2) is 19.2 Å². The molecule has 1 aromatic carbocycles. The van der Waals surface area contributed by atoms with Crippen molar-refractivity contribution < 1.29 is 37.3 Å². The molecule has 0 saturated carbocycles. The first kappa shape index (κ1) is 38.4. The predicted octanol–water partition coefficient (Wildman–Crippen LogP) is 5.45. The summed E-state index contributed by atoms with van der Waals surface area (Å²) in [6, 6.07) is 8.90. The zero-order valence-corrected chi connectivity index (χ0v) is 29.9. The van der Waals surface area contributed by atoms with Gasteiger partial charge in [-0.15, -0.1) is 0 Å². The van der Waals surface area contributed by atoms with E-state index >= 15 is 0 Å². The number of carbonyl (C=O) groups excluding carboxylic acids is 3. The average Bonchev–Trinajstić information content (AvgIpc) is 3.65. The Balaban J connectivity index is 0.00000562. The second kappa shape index (κ2) is 14.8. The third-order valence-corrected chi connectivity index (χ3v) is 9.30. The number of methoxy groups -OCH3 is 1. The van der Waals surface area contributed by atoms with Gasteiger partial charge in [0.05, 0.1) is 35.5 Å². The number of aromatic nitrogens is 5. The first-order chi connectivity index (χ1) is 23.0. The maximum absolute atomic E-state index is 14.1. The van der Waals surface area contributed by atoms with E-state index in [1.807, 2.05) is 6.07 Å². The number of nitrogens with zero attached hydrogens (tertiary/aromatic N) is 7. The van der Waals surface area contributed by atoms with E-state index in [0.29, 0.717) is 16.9 Å². The first-order valence-electron chi connectivity index (χ1n) is 15.8. The van der Waals surface area contributed by atoms with Crippen molar-refractivity contribution in [3.05, 3.63) is 66.0 Å². The van der Waals surface area contributed by atoms with Crippen LogP contribution in [0.4, 0.5) is 0 Å². The van der Waals surface area contributed by atoms with Gasteiger partial charge in [0.25, 0.3) is 17.6 Å². The molecule has 50 heavy (non-hydrogen) atoms. The molecule has 0 N–H and O–H groups in total. The number of piperazine rings is 1. The summed E-state index contributed by atoms with van der Waals surface area (Å²) in [5.74, 6) is -0.762. The second-order valence-corrected chi connectivity index (χ2v) is 15.0. The van der Waals surface area contributed by atoms with Crippen molar-refractivity contribution in [1.29, 1.82) is 0 Å². The Bertz CT molecular complexity index is 1880. The fraction of sp³-hybridized carbons (Fsp3) is 0.471. The lowest BCUT2D eigenvalue weighted by atomic mass is 10.1. The van der Waals surface area contributed by atoms with Crippen LogP contribution in [0.1, 0.15) is 75.5 Å². The third kappa shape index (κ3) is 8.64. The standard InChI is InChI=1S/C33H42N7O8P.CH4/c1-22-35-20-40(36-22)29-27-26(25(45-8)18-34-29)24(19-39(27)21-46-49(44,47-32(2,3)4)48-33(5,6)7)28(41)31(43)38-16-14-37(15-17-38)30(42)23-12-10-9-11-13-23;/h9-13,18-20H,14-17,21H2,1-8H3;1H4. The number of benzene rings is 1. The van der Waals surface area contributed by atoms with E-state index in [1.165, 1.54) is 40.0 Å². The molecule has 4 heterocycles. The van der Waals surface area contributed by atoms with Crippen LogP contribution in [0.15, 0.2) is 49.1 Å². The number of phosphoric acid groups is 1. The van der Waals surface area contributed by atoms with Gasteiger partial charge in [-0.05, 0) is 60.6 Å². The lowest BCUT2D eigenvalue weighted by Crippen LogP contribution is -2.52. The lowest BCUT2D eigenvalue weighted by Gasteiger charge is -2.34. The number of ketones is 1. The van der Waals surface area contributed by atoms with E-state index in [1.54, 1.807) is 77.6 Å². The van der Waals surface area contributed by atoms with Crippen LogP contribution in [-0.4, -0.2) is 96.2 Å². The molecule has 16 heteroatoms. The minimum absolute atomic E-state index is 0. The highest BCUT2D eigenvalue weighted by molar-refractivity contribution is 7.48. The number of rotatable bonds is 10. The van der Waals surface area contributed by atoms with E-state index in [0.717, 1.165) is 0 Å². The number of Topliss-reactive ketones (excluding diaryl/α,β-unsaturated/α-hetero) is 1. The van der Waals surface area contributed by atoms with Crippen molar-refractivity contribution in [3.8, 4) is 11.6 Å². The summed E-state index contributed by atoms with van der Waals surface area (Å²) in [5, 5.41) is 4.66. The number of fused-ring (bicyclic) bond motifs is 1. The van der Waals surface area contributed by atoms with Gasteiger partial charge in [-0.2, -0.15) is 5.10 Å². The van der Waals surface area contributed by atoms with E-state index in [2.05, 4.69) is 15.1 Å². The Morgan fingerprint density at radius 3 is 2.04 bits per heavy atom. The van der Waals surface area contributed by atoms with Gasteiger partial charge in [0.1, 0.15) is 30.1 Å². The molecule has 1 aliphatic rings. The van der Waals surface area contributed by atoms with E-state index < -0.39 is 37.4 Å². The molecule has 5 rings (SSSR count). The largest absolute Gasteiger partial charge is 0.494 e. The van der Waals surface area contributed by atoms with Gasteiger partial charge in [-0.1, -0.05) is 25.6 Å². The van der Waals surface area contributed by atoms with Crippen molar-refractivity contribution in [3.63, 3.8) is 0 Å². The Morgan fingerprint density at radius 2 is 1.50 bits per heavy atom. The van der Waals surface area contributed by atoms with E-state index in [4.69, 9.17) is 18.3 Å². The second-order valence-electron chi connectivity index (χ2n) is 13.5. The molecule has 0 spiro atoms. The number of hydrogen-bond acceptors (Lipinski definition) is 11. The summed E-state index contributed by atoms with van der Waals surface area (Å²) in [4.78, 5) is 52.6. The molecule has 4 aromatic rings. The number of amides is 2. The summed E-state index contributed by atoms with van der Waals surface area (Å²) in [7, 11) is -2.78. The Morgan fingerprint density at radius 1 is 0.900 bits per heavy atom. The first-order valence-corrected chi connectivity index (χ1v) is 17.2. The number of phosphoric ester groups is 1. The number of hydrogen-bond donors (Lipinski definition) is 0. The predicted molar refractivity (Wildman–Crippen MR) is 186 cm³/mol. The number of ether oxygens (including phenoxy) is 1. The highest BCUT2D eigenvalue weighted by Gasteiger charge is 2.38. The van der Waals surface area contributed by atoms with Crippen LogP contribution < -0.4 is 4.74 Å². The quantitative estimate of drug-likeness (QED) is 0.117. The van der Waals surface area contributed by atoms with Gasteiger partial charge in [0.15, 0.2) is 5.82 Å². The highest BCUT2D eigenvalue weighted by Crippen LogP contribution is 2.55. The molecule has 0 aliphatic carbocycles. The van der Waals surface area contributed by atoms with Crippen LogP contribution >= 0.6 is 7.82 Å². The molecule has 3 aromatic heterocycles. The molecule has 0 atom stereocenters. The van der Waals surface area contributed by atoms with Gasteiger partial charge in [-0.3, -0.25) is 28.0 Å². The van der Waals surface area contributed by atoms with Crippen LogP contribution in [0.2, 0.25) is 0 Å². The summed E-state index contributed by atoms with van der Waals surface area (Å²) < 4.78 is 40.0. The molecule has 0 radical (unpaired) electrons. The topological polar surface area (TPSA) is 160 Å². The fourth-order valence-electron chi connectivity index (χ4n) is 5.35. The molecular weight excluding hydrogens is 665 g/mol. The summed E-state index contributed by atoms with van der Waals surface area (Å²) in [6.45, 7) is 12.5.